The van der Waals surface area contributed by atoms with Crippen molar-refractivity contribution < 1.29 is 14.3 Å². The second-order valence-electron chi connectivity index (χ2n) is 7.52. The highest BCUT2D eigenvalue weighted by molar-refractivity contribution is 6.42. The number of para-hydroxylation sites is 1. The molecule has 0 N–H and O–H groups in total. The van der Waals surface area contributed by atoms with Crippen molar-refractivity contribution in [2.75, 3.05) is 13.7 Å². The zero-order chi connectivity index (χ0) is 24.2. The predicted molar refractivity (Wildman–Crippen MR) is 131 cm³/mol. The number of rotatable bonds is 6. The van der Waals surface area contributed by atoms with E-state index in [1.807, 2.05) is 6.07 Å². The molecule has 0 saturated carbocycles. The van der Waals surface area contributed by atoms with E-state index in [0.717, 1.165) is 10.2 Å². The van der Waals surface area contributed by atoms with Gasteiger partial charge in [0.1, 0.15) is 0 Å². The Hall–Kier alpha value is -3.68. The average molecular weight is 496 g/mol. The van der Waals surface area contributed by atoms with Crippen molar-refractivity contribution in [3.8, 4) is 5.69 Å². The molecule has 34 heavy (non-hydrogen) atoms. The van der Waals surface area contributed by atoms with Crippen LogP contribution in [0.15, 0.2) is 77.6 Å². The summed E-state index contributed by atoms with van der Waals surface area (Å²) in [7, 11) is 1.59. The fourth-order valence-corrected chi connectivity index (χ4v) is 3.71. The molecule has 1 amide bonds. The van der Waals surface area contributed by atoms with Gasteiger partial charge in [-0.1, -0.05) is 65.7 Å². The molecule has 172 valence electrons. The van der Waals surface area contributed by atoms with Gasteiger partial charge in [0.25, 0.3) is 11.5 Å². The molecular weight excluding hydrogens is 477 g/mol. The van der Waals surface area contributed by atoms with Gasteiger partial charge in [0.05, 0.1) is 21.1 Å². The standard InChI is InChI=1S/C25H19Cl2N3O4/c1-29(14-16-11-12-20(26)21(27)13-16)22(31)15-34-25(33)23-18-9-5-6-10-19(18)24(32)30(28-23)17-7-3-2-4-8-17/h2-13H,14-15H2,1H3. The fraction of sp³-hybridized carbons (Fsp3) is 0.120. The summed E-state index contributed by atoms with van der Waals surface area (Å²) >= 11 is 12.0. The lowest BCUT2D eigenvalue weighted by Crippen LogP contribution is -2.31. The molecule has 0 aliphatic heterocycles. The van der Waals surface area contributed by atoms with E-state index in [1.54, 1.807) is 73.8 Å². The van der Waals surface area contributed by atoms with Gasteiger partial charge in [-0.05, 0) is 35.9 Å². The van der Waals surface area contributed by atoms with Crippen molar-refractivity contribution in [3.05, 3.63) is 104 Å². The molecule has 0 spiro atoms. The number of likely N-dealkylation sites (N-methyl/N-ethyl adjacent to an activating group) is 1. The molecule has 0 aliphatic carbocycles. The highest BCUT2D eigenvalue weighted by Crippen LogP contribution is 2.23. The molecule has 4 aromatic rings. The molecule has 7 nitrogen and oxygen atoms in total. The first-order chi connectivity index (χ1) is 16.3. The zero-order valence-corrected chi connectivity index (χ0v) is 19.6. The maximum absolute atomic E-state index is 12.9. The minimum absolute atomic E-state index is 0.0565. The van der Waals surface area contributed by atoms with Crippen LogP contribution in [0.5, 0.6) is 0 Å². The summed E-state index contributed by atoms with van der Waals surface area (Å²) in [6.07, 6.45) is 0. The van der Waals surface area contributed by atoms with Crippen LogP contribution in [-0.2, 0) is 16.1 Å². The molecule has 0 bridgehead atoms. The molecule has 0 unspecified atom stereocenters. The van der Waals surface area contributed by atoms with E-state index in [9.17, 15) is 14.4 Å². The third-order valence-electron chi connectivity index (χ3n) is 5.16. The summed E-state index contributed by atoms with van der Waals surface area (Å²) < 4.78 is 6.43. The molecular formula is C25H19Cl2N3O4. The van der Waals surface area contributed by atoms with Gasteiger partial charge >= 0.3 is 5.97 Å². The highest BCUT2D eigenvalue weighted by Gasteiger charge is 2.20. The summed E-state index contributed by atoms with van der Waals surface area (Å²) in [5, 5.41) is 5.73. The molecule has 0 aliphatic rings. The normalized spacial score (nSPS) is 10.8. The maximum atomic E-state index is 12.9. The van der Waals surface area contributed by atoms with Gasteiger partial charge < -0.3 is 9.64 Å². The van der Waals surface area contributed by atoms with Crippen LogP contribution in [0.1, 0.15) is 16.1 Å². The van der Waals surface area contributed by atoms with Gasteiger partial charge in [-0.3, -0.25) is 9.59 Å². The van der Waals surface area contributed by atoms with Gasteiger partial charge in [0, 0.05) is 19.0 Å². The van der Waals surface area contributed by atoms with Crippen LogP contribution in [0.2, 0.25) is 10.0 Å². The van der Waals surface area contributed by atoms with Crippen LogP contribution in [-0.4, -0.2) is 40.2 Å². The van der Waals surface area contributed by atoms with Crippen LogP contribution in [0.3, 0.4) is 0 Å². The maximum Gasteiger partial charge on any atom is 0.359 e. The average Bonchev–Trinajstić information content (AvgIpc) is 2.85. The number of amides is 1. The van der Waals surface area contributed by atoms with Crippen LogP contribution in [0, 0.1) is 0 Å². The number of nitrogens with zero attached hydrogens (tertiary/aromatic N) is 3. The number of fused-ring (bicyclic) bond motifs is 1. The summed E-state index contributed by atoms with van der Waals surface area (Å²) in [5.41, 5.74) is 0.860. The van der Waals surface area contributed by atoms with Crippen LogP contribution in [0.4, 0.5) is 0 Å². The molecule has 3 aromatic carbocycles. The number of esters is 1. The van der Waals surface area contributed by atoms with E-state index < -0.39 is 18.5 Å². The molecule has 0 fully saturated rings. The van der Waals surface area contributed by atoms with E-state index in [1.165, 1.54) is 4.90 Å². The first kappa shape index (κ1) is 23.5. The Labute approximate surface area is 205 Å². The Balaban J connectivity index is 1.54. The Morgan fingerprint density at radius 2 is 1.62 bits per heavy atom. The Bertz CT molecular complexity index is 1440. The number of benzene rings is 3. The van der Waals surface area contributed by atoms with Gasteiger partial charge in [0.2, 0.25) is 0 Å². The molecule has 0 saturated heterocycles. The molecule has 0 atom stereocenters. The highest BCUT2D eigenvalue weighted by atomic mass is 35.5. The summed E-state index contributed by atoms with van der Waals surface area (Å²) in [6, 6.07) is 20.5. The van der Waals surface area contributed by atoms with Crippen molar-refractivity contribution in [1.29, 1.82) is 0 Å². The number of ether oxygens (including phenoxy) is 1. The Morgan fingerprint density at radius 1 is 0.941 bits per heavy atom. The van der Waals surface area contributed by atoms with E-state index >= 15 is 0 Å². The fourth-order valence-electron chi connectivity index (χ4n) is 3.39. The van der Waals surface area contributed by atoms with Crippen LogP contribution in [0.25, 0.3) is 16.5 Å². The summed E-state index contributed by atoms with van der Waals surface area (Å²) in [6.45, 7) is -0.232. The van der Waals surface area contributed by atoms with Gasteiger partial charge in [-0.2, -0.15) is 9.78 Å². The number of halogens is 2. The number of hydrogen-bond donors (Lipinski definition) is 0. The molecule has 0 radical (unpaired) electrons. The number of hydrogen-bond acceptors (Lipinski definition) is 5. The zero-order valence-electron chi connectivity index (χ0n) is 18.1. The summed E-state index contributed by atoms with van der Waals surface area (Å²) in [4.78, 5) is 39.8. The molecule has 1 heterocycles. The lowest BCUT2D eigenvalue weighted by atomic mass is 10.1. The van der Waals surface area contributed by atoms with E-state index in [0.29, 0.717) is 26.5 Å². The topological polar surface area (TPSA) is 81.5 Å². The largest absolute Gasteiger partial charge is 0.451 e. The third-order valence-corrected chi connectivity index (χ3v) is 5.89. The number of carbonyl (C=O) groups is 2. The van der Waals surface area contributed by atoms with E-state index in [-0.39, 0.29) is 17.8 Å². The Morgan fingerprint density at radius 3 is 2.32 bits per heavy atom. The van der Waals surface area contributed by atoms with Crippen molar-refractivity contribution in [3.63, 3.8) is 0 Å². The lowest BCUT2D eigenvalue weighted by molar-refractivity contribution is -0.133. The Kier molecular flexibility index (Phi) is 6.95. The van der Waals surface area contributed by atoms with E-state index in [2.05, 4.69) is 5.10 Å². The molecule has 1 aromatic heterocycles. The van der Waals surface area contributed by atoms with Crippen molar-refractivity contribution in [2.45, 2.75) is 6.54 Å². The number of carbonyl (C=O) groups excluding carboxylic acids is 2. The van der Waals surface area contributed by atoms with E-state index in [4.69, 9.17) is 27.9 Å². The molecule has 4 rings (SSSR count). The van der Waals surface area contributed by atoms with Gasteiger partial charge in [0.15, 0.2) is 12.3 Å². The number of aromatic nitrogens is 2. The second-order valence-corrected chi connectivity index (χ2v) is 8.34. The quantitative estimate of drug-likeness (QED) is 0.367. The second kappa shape index (κ2) is 10.1. The predicted octanol–water partition coefficient (Wildman–Crippen LogP) is 4.51. The first-order valence-corrected chi connectivity index (χ1v) is 11.0. The minimum atomic E-state index is -0.808. The smallest absolute Gasteiger partial charge is 0.359 e. The van der Waals surface area contributed by atoms with Crippen LogP contribution < -0.4 is 5.56 Å². The van der Waals surface area contributed by atoms with Crippen LogP contribution >= 0.6 is 23.2 Å². The first-order valence-electron chi connectivity index (χ1n) is 10.3. The SMILES string of the molecule is CN(Cc1ccc(Cl)c(Cl)c1)C(=O)COC(=O)c1nn(-c2ccccc2)c(=O)c2ccccc12. The lowest BCUT2D eigenvalue weighted by Gasteiger charge is -2.17. The van der Waals surface area contributed by atoms with Gasteiger partial charge in [-0.25, -0.2) is 4.79 Å². The summed E-state index contributed by atoms with van der Waals surface area (Å²) in [5.74, 6) is -1.22. The monoisotopic (exact) mass is 495 g/mol. The minimum Gasteiger partial charge on any atom is -0.451 e. The van der Waals surface area contributed by atoms with Gasteiger partial charge in [-0.15, -0.1) is 0 Å². The van der Waals surface area contributed by atoms with Crippen molar-refractivity contribution in [2.24, 2.45) is 0 Å². The van der Waals surface area contributed by atoms with Crippen molar-refractivity contribution in [1.82, 2.24) is 14.7 Å². The van der Waals surface area contributed by atoms with Crippen molar-refractivity contribution >= 4 is 45.9 Å². The third kappa shape index (κ3) is 4.95. The molecule has 9 heteroatoms.